The van der Waals surface area contributed by atoms with E-state index >= 15 is 0 Å². The molecule has 1 atom stereocenters. The maximum absolute atomic E-state index is 11.0. The summed E-state index contributed by atoms with van der Waals surface area (Å²) in [6.07, 6.45) is 0.428. The molecule has 0 bridgehead atoms. The highest BCUT2D eigenvalue weighted by atomic mass is 16.5. The smallest absolute Gasteiger partial charge is 0.221 e. The molecule has 0 saturated heterocycles. The molecule has 0 heterocycles. The molecule has 1 aromatic rings. The molecule has 1 amide bonds. The number of hydrogen-bond donors (Lipinski definition) is 3. The summed E-state index contributed by atoms with van der Waals surface area (Å²) < 4.78 is 5.59. The maximum atomic E-state index is 11.0. The van der Waals surface area contributed by atoms with Gasteiger partial charge in [0.15, 0.2) is 0 Å². The minimum absolute atomic E-state index is 0.0424. The third-order valence-corrected chi connectivity index (χ3v) is 3.41. The predicted molar refractivity (Wildman–Crippen MR) is 98.4 cm³/mol. The monoisotopic (exact) mass is 336 g/mol. The van der Waals surface area contributed by atoms with Gasteiger partial charge in [-0.15, -0.1) is 0 Å². The third kappa shape index (κ3) is 8.89. The minimum Gasteiger partial charge on any atom is -0.491 e. The van der Waals surface area contributed by atoms with Crippen LogP contribution in [-0.2, 0) is 4.79 Å². The summed E-state index contributed by atoms with van der Waals surface area (Å²) in [5, 5.41) is 16.2. The summed E-state index contributed by atoms with van der Waals surface area (Å²) in [7, 11) is 0. The number of hydrogen-bond acceptors (Lipinski definition) is 4. The van der Waals surface area contributed by atoms with Crippen molar-refractivity contribution in [3.05, 3.63) is 24.3 Å². The van der Waals surface area contributed by atoms with Gasteiger partial charge >= 0.3 is 0 Å². The van der Waals surface area contributed by atoms with Crippen LogP contribution < -0.4 is 15.4 Å². The number of β-amino-alcohol motifs (C(OH)–C–C–N with tert-alkyl or cyclic N) is 1. The standard InChI is InChI=1S/C19H32N2O3/c1-14(22)21-15-7-9-17(10-8-15)24-12-16(23)11-20-19(5,6)13-18(2,3)4/h7-10,16,20,23H,11-13H2,1-6H3,(H,21,22)/t16-/m0/s1. The van der Waals surface area contributed by atoms with E-state index in [2.05, 4.69) is 45.3 Å². The Balaban J connectivity index is 2.38. The molecule has 5 heteroatoms. The van der Waals surface area contributed by atoms with Crippen molar-refractivity contribution in [1.29, 1.82) is 0 Å². The highest BCUT2D eigenvalue weighted by Crippen LogP contribution is 2.26. The Morgan fingerprint density at radius 2 is 1.75 bits per heavy atom. The van der Waals surface area contributed by atoms with Gasteiger partial charge in [-0.1, -0.05) is 20.8 Å². The van der Waals surface area contributed by atoms with E-state index in [-0.39, 0.29) is 23.5 Å². The van der Waals surface area contributed by atoms with E-state index in [9.17, 15) is 9.90 Å². The van der Waals surface area contributed by atoms with Gasteiger partial charge in [0.1, 0.15) is 18.5 Å². The number of amides is 1. The first-order valence-electron chi connectivity index (χ1n) is 8.40. The van der Waals surface area contributed by atoms with E-state index in [0.717, 1.165) is 12.1 Å². The molecule has 0 spiro atoms. The van der Waals surface area contributed by atoms with Crippen LogP contribution in [0.25, 0.3) is 0 Å². The highest BCUT2D eigenvalue weighted by molar-refractivity contribution is 5.88. The minimum atomic E-state index is -0.584. The number of carbonyl (C=O) groups is 1. The van der Waals surface area contributed by atoms with E-state index in [1.54, 1.807) is 24.3 Å². The second kappa shape index (κ2) is 8.49. The lowest BCUT2D eigenvalue weighted by atomic mass is 9.82. The molecule has 0 aliphatic rings. The topological polar surface area (TPSA) is 70.6 Å². The number of anilines is 1. The van der Waals surface area contributed by atoms with Crippen LogP contribution >= 0.6 is 0 Å². The van der Waals surface area contributed by atoms with E-state index in [0.29, 0.717) is 12.3 Å². The third-order valence-electron chi connectivity index (χ3n) is 3.41. The van der Waals surface area contributed by atoms with Gasteiger partial charge in [0.25, 0.3) is 0 Å². The molecular weight excluding hydrogens is 304 g/mol. The highest BCUT2D eigenvalue weighted by Gasteiger charge is 2.25. The van der Waals surface area contributed by atoms with E-state index in [1.807, 2.05) is 0 Å². The average Bonchev–Trinajstić information content (AvgIpc) is 2.41. The van der Waals surface area contributed by atoms with Gasteiger partial charge in [-0.3, -0.25) is 4.79 Å². The molecule has 1 aromatic carbocycles. The zero-order chi connectivity index (χ0) is 18.4. The van der Waals surface area contributed by atoms with Gasteiger partial charge in [0.2, 0.25) is 5.91 Å². The number of rotatable bonds is 8. The zero-order valence-electron chi connectivity index (χ0n) is 15.8. The Hall–Kier alpha value is -1.59. The lowest BCUT2D eigenvalue weighted by Gasteiger charge is -2.34. The van der Waals surface area contributed by atoms with Gasteiger partial charge in [-0.25, -0.2) is 0 Å². The van der Waals surface area contributed by atoms with Crippen molar-refractivity contribution in [3.8, 4) is 5.75 Å². The molecule has 0 radical (unpaired) electrons. The Labute approximate surface area is 145 Å². The largest absolute Gasteiger partial charge is 0.491 e. The normalized spacial score (nSPS) is 13.5. The molecule has 1 rings (SSSR count). The van der Waals surface area contributed by atoms with E-state index in [4.69, 9.17) is 4.74 Å². The van der Waals surface area contributed by atoms with E-state index < -0.39 is 6.10 Å². The van der Waals surface area contributed by atoms with Crippen LogP contribution in [0.2, 0.25) is 0 Å². The number of benzene rings is 1. The van der Waals surface area contributed by atoms with Crippen molar-refractivity contribution in [1.82, 2.24) is 5.32 Å². The van der Waals surface area contributed by atoms with Crippen LogP contribution in [0.15, 0.2) is 24.3 Å². The summed E-state index contributed by atoms with van der Waals surface area (Å²) in [6, 6.07) is 7.09. The molecule has 5 nitrogen and oxygen atoms in total. The summed E-state index contributed by atoms with van der Waals surface area (Å²) in [5.74, 6) is 0.556. The summed E-state index contributed by atoms with van der Waals surface area (Å²) in [6.45, 7) is 13.1. The molecule has 0 aliphatic carbocycles. The molecule has 0 fully saturated rings. The first-order valence-corrected chi connectivity index (χ1v) is 8.40. The Kier molecular flexibility index (Phi) is 7.24. The lowest BCUT2D eigenvalue weighted by molar-refractivity contribution is -0.114. The summed E-state index contributed by atoms with van der Waals surface area (Å²) >= 11 is 0. The Morgan fingerprint density at radius 3 is 2.25 bits per heavy atom. The first kappa shape index (κ1) is 20.5. The van der Waals surface area contributed by atoms with Crippen LogP contribution in [0.4, 0.5) is 5.69 Å². The van der Waals surface area contributed by atoms with Crippen LogP contribution in [0.5, 0.6) is 5.75 Å². The van der Waals surface area contributed by atoms with Gasteiger partial charge < -0.3 is 20.5 Å². The molecule has 24 heavy (non-hydrogen) atoms. The van der Waals surface area contributed by atoms with Crippen LogP contribution in [0, 0.1) is 5.41 Å². The fraction of sp³-hybridized carbons (Fsp3) is 0.632. The molecule has 0 saturated carbocycles. The molecule has 0 aliphatic heterocycles. The van der Waals surface area contributed by atoms with Crippen molar-refractivity contribution < 1.29 is 14.6 Å². The first-order chi connectivity index (χ1) is 11.0. The van der Waals surface area contributed by atoms with E-state index in [1.165, 1.54) is 6.92 Å². The quantitative estimate of drug-likeness (QED) is 0.682. The van der Waals surface area contributed by atoms with Gasteiger partial charge in [-0.05, 0) is 49.9 Å². The lowest BCUT2D eigenvalue weighted by Crippen LogP contribution is -2.46. The van der Waals surface area contributed by atoms with Crippen molar-refractivity contribution in [2.75, 3.05) is 18.5 Å². The van der Waals surface area contributed by atoms with Crippen LogP contribution in [-0.4, -0.2) is 35.8 Å². The summed E-state index contributed by atoms with van der Waals surface area (Å²) in [5.41, 5.74) is 0.910. The molecule has 3 N–H and O–H groups in total. The number of carbonyl (C=O) groups excluding carboxylic acids is 1. The van der Waals surface area contributed by atoms with Crippen LogP contribution in [0.1, 0.15) is 48.0 Å². The fourth-order valence-corrected chi connectivity index (χ4v) is 2.87. The van der Waals surface area contributed by atoms with Crippen molar-refractivity contribution in [2.24, 2.45) is 5.41 Å². The van der Waals surface area contributed by atoms with Gasteiger partial charge in [-0.2, -0.15) is 0 Å². The average molecular weight is 336 g/mol. The van der Waals surface area contributed by atoms with Gasteiger partial charge in [0.05, 0.1) is 0 Å². The number of aliphatic hydroxyl groups is 1. The fourth-order valence-electron chi connectivity index (χ4n) is 2.87. The van der Waals surface area contributed by atoms with Crippen molar-refractivity contribution >= 4 is 11.6 Å². The Bertz CT molecular complexity index is 518. The summed E-state index contributed by atoms with van der Waals surface area (Å²) in [4.78, 5) is 11.0. The molecular formula is C19H32N2O3. The maximum Gasteiger partial charge on any atom is 0.221 e. The molecule has 0 aromatic heterocycles. The molecule has 136 valence electrons. The van der Waals surface area contributed by atoms with Gasteiger partial charge in [0, 0.05) is 24.7 Å². The SMILES string of the molecule is CC(=O)Nc1ccc(OC[C@@H](O)CNC(C)(C)CC(C)(C)C)cc1. The zero-order valence-corrected chi connectivity index (χ0v) is 15.8. The number of nitrogens with one attached hydrogen (secondary N) is 2. The number of ether oxygens (including phenoxy) is 1. The predicted octanol–water partition coefficient (Wildman–Crippen LogP) is 3.19. The van der Waals surface area contributed by atoms with Crippen molar-refractivity contribution in [2.45, 2.75) is 59.6 Å². The number of aliphatic hydroxyl groups excluding tert-OH is 1. The second-order valence-electron chi connectivity index (χ2n) is 8.17. The van der Waals surface area contributed by atoms with Crippen LogP contribution in [0.3, 0.4) is 0 Å². The molecule has 0 unspecified atom stereocenters. The Morgan fingerprint density at radius 1 is 1.17 bits per heavy atom. The second-order valence-corrected chi connectivity index (χ2v) is 8.17. The van der Waals surface area contributed by atoms with Crippen molar-refractivity contribution in [3.63, 3.8) is 0 Å².